The second-order valence-corrected chi connectivity index (χ2v) is 5.67. The lowest BCUT2D eigenvalue weighted by molar-refractivity contribution is 0.202. The van der Waals surface area contributed by atoms with E-state index in [4.69, 9.17) is 5.73 Å². The smallest absolute Gasteiger partial charge is 0.0900 e. The first-order chi connectivity index (χ1) is 7.15. The van der Waals surface area contributed by atoms with Gasteiger partial charge in [0.1, 0.15) is 0 Å². The van der Waals surface area contributed by atoms with Crippen molar-refractivity contribution in [2.24, 2.45) is 5.73 Å². The Balaban J connectivity index is 1.99. The van der Waals surface area contributed by atoms with Gasteiger partial charge < -0.3 is 5.73 Å². The summed E-state index contributed by atoms with van der Waals surface area (Å²) in [5.74, 6) is 0. The standard InChI is InChI=1S/C11H19N3S/c1-8-11(15-9(2)13-8)7-14-5-3-4-10(12)6-14/h10H,3-7,12H2,1-2H3. The predicted molar refractivity (Wildman–Crippen MR) is 64.1 cm³/mol. The summed E-state index contributed by atoms with van der Waals surface area (Å²) in [6.07, 6.45) is 2.41. The summed E-state index contributed by atoms with van der Waals surface area (Å²) in [4.78, 5) is 8.31. The highest BCUT2D eigenvalue weighted by Crippen LogP contribution is 2.20. The number of aryl methyl sites for hydroxylation is 2. The molecule has 4 heteroatoms. The topological polar surface area (TPSA) is 42.2 Å². The minimum absolute atomic E-state index is 0.369. The van der Waals surface area contributed by atoms with Crippen LogP contribution in [-0.4, -0.2) is 29.0 Å². The van der Waals surface area contributed by atoms with Crippen LogP contribution >= 0.6 is 11.3 Å². The average Bonchev–Trinajstić information content (AvgIpc) is 2.45. The molecule has 0 amide bonds. The molecule has 1 atom stereocenters. The Kier molecular flexibility index (Phi) is 3.38. The van der Waals surface area contributed by atoms with Crippen molar-refractivity contribution in [2.75, 3.05) is 13.1 Å². The van der Waals surface area contributed by atoms with Crippen LogP contribution in [0, 0.1) is 13.8 Å². The van der Waals surface area contributed by atoms with Gasteiger partial charge in [-0.1, -0.05) is 0 Å². The number of aromatic nitrogens is 1. The van der Waals surface area contributed by atoms with Crippen molar-refractivity contribution < 1.29 is 0 Å². The van der Waals surface area contributed by atoms with E-state index in [0.29, 0.717) is 6.04 Å². The fraction of sp³-hybridized carbons (Fsp3) is 0.727. The first-order valence-electron chi connectivity index (χ1n) is 5.56. The molecule has 3 nitrogen and oxygen atoms in total. The molecule has 1 unspecified atom stereocenters. The van der Waals surface area contributed by atoms with Crippen LogP contribution in [0.3, 0.4) is 0 Å². The molecule has 1 saturated heterocycles. The second-order valence-electron chi connectivity index (χ2n) is 4.38. The Labute approximate surface area is 95.3 Å². The molecule has 1 fully saturated rings. The fourth-order valence-electron chi connectivity index (χ4n) is 2.16. The van der Waals surface area contributed by atoms with Crippen molar-refractivity contribution in [2.45, 2.75) is 39.3 Å². The lowest BCUT2D eigenvalue weighted by Crippen LogP contribution is -2.42. The van der Waals surface area contributed by atoms with Gasteiger partial charge in [0.25, 0.3) is 0 Å². The molecule has 2 heterocycles. The van der Waals surface area contributed by atoms with Crippen LogP contribution in [0.15, 0.2) is 0 Å². The molecule has 0 aliphatic carbocycles. The van der Waals surface area contributed by atoms with Crippen molar-refractivity contribution in [3.8, 4) is 0 Å². The molecule has 0 spiro atoms. The second kappa shape index (κ2) is 4.60. The van der Waals surface area contributed by atoms with Gasteiger partial charge in [0.2, 0.25) is 0 Å². The van der Waals surface area contributed by atoms with Crippen molar-refractivity contribution in [1.82, 2.24) is 9.88 Å². The third-order valence-corrected chi connectivity index (χ3v) is 3.97. The summed E-state index contributed by atoms with van der Waals surface area (Å²) >= 11 is 1.82. The maximum absolute atomic E-state index is 5.97. The van der Waals surface area contributed by atoms with E-state index in [-0.39, 0.29) is 0 Å². The molecule has 84 valence electrons. The molecule has 0 aromatic carbocycles. The van der Waals surface area contributed by atoms with E-state index in [2.05, 4.69) is 23.7 Å². The average molecular weight is 225 g/mol. The highest BCUT2D eigenvalue weighted by Gasteiger charge is 2.18. The molecule has 1 aromatic rings. The third-order valence-electron chi connectivity index (χ3n) is 2.91. The number of thiazole rings is 1. The molecule has 0 bridgehead atoms. The number of nitrogens with two attached hydrogens (primary N) is 1. The number of hydrogen-bond donors (Lipinski definition) is 1. The van der Waals surface area contributed by atoms with Crippen LogP contribution in [-0.2, 0) is 6.54 Å². The van der Waals surface area contributed by atoms with E-state index >= 15 is 0 Å². The number of rotatable bonds is 2. The van der Waals surface area contributed by atoms with Gasteiger partial charge in [0, 0.05) is 24.0 Å². The number of piperidine rings is 1. The Morgan fingerprint density at radius 2 is 2.33 bits per heavy atom. The zero-order valence-electron chi connectivity index (χ0n) is 9.49. The maximum atomic E-state index is 5.97. The van der Waals surface area contributed by atoms with Crippen LogP contribution in [0.2, 0.25) is 0 Å². The van der Waals surface area contributed by atoms with E-state index in [9.17, 15) is 0 Å². The van der Waals surface area contributed by atoms with Crippen molar-refractivity contribution in [1.29, 1.82) is 0 Å². The molecule has 2 N–H and O–H groups in total. The third kappa shape index (κ3) is 2.77. The highest BCUT2D eigenvalue weighted by molar-refractivity contribution is 7.11. The highest BCUT2D eigenvalue weighted by atomic mass is 32.1. The van der Waals surface area contributed by atoms with E-state index in [1.165, 1.54) is 35.0 Å². The van der Waals surface area contributed by atoms with Gasteiger partial charge in [-0.3, -0.25) is 4.90 Å². The fourth-order valence-corrected chi connectivity index (χ4v) is 3.14. The number of hydrogen-bond acceptors (Lipinski definition) is 4. The molecule has 0 saturated carbocycles. The normalized spacial score (nSPS) is 23.3. The van der Waals surface area contributed by atoms with Crippen LogP contribution in [0.4, 0.5) is 0 Å². The number of nitrogens with zero attached hydrogens (tertiary/aromatic N) is 2. The molecule has 1 aromatic heterocycles. The summed E-state index contributed by atoms with van der Waals surface area (Å²) in [5.41, 5.74) is 7.16. The summed E-state index contributed by atoms with van der Waals surface area (Å²) in [6, 6.07) is 0.369. The van der Waals surface area contributed by atoms with E-state index in [1.54, 1.807) is 0 Å². The molecule has 1 aliphatic heterocycles. The molecule has 1 aliphatic rings. The maximum Gasteiger partial charge on any atom is 0.0900 e. The molecule has 2 rings (SSSR count). The van der Waals surface area contributed by atoms with Gasteiger partial charge in [-0.25, -0.2) is 4.98 Å². The monoisotopic (exact) mass is 225 g/mol. The quantitative estimate of drug-likeness (QED) is 0.832. The SMILES string of the molecule is Cc1nc(C)c(CN2CCCC(N)C2)s1. The van der Waals surface area contributed by atoms with E-state index in [1.807, 2.05) is 11.3 Å². The van der Waals surface area contributed by atoms with Gasteiger partial charge in [-0.15, -0.1) is 11.3 Å². The summed E-state index contributed by atoms with van der Waals surface area (Å²) < 4.78 is 0. The summed E-state index contributed by atoms with van der Waals surface area (Å²) in [7, 11) is 0. The summed E-state index contributed by atoms with van der Waals surface area (Å²) in [6.45, 7) is 7.43. The zero-order valence-corrected chi connectivity index (χ0v) is 10.3. The predicted octanol–water partition coefficient (Wildman–Crippen LogP) is 1.68. The van der Waals surface area contributed by atoms with Gasteiger partial charge in [-0.2, -0.15) is 0 Å². The number of likely N-dealkylation sites (tertiary alicyclic amines) is 1. The first-order valence-corrected chi connectivity index (χ1v) is 6.37. The lowest BCUT2D eigenvalue weighted by Gasteiger charge is -2.30. The first kappa shape index (κ1) is 11.0. The van der Waals surface area contributed by atoms with Crippen LogP contribution < -0.4 is 5.73 Å². The van der Waals surface area contributed by atoms with Gasteiger partial charge in [-0.05, 0) is 33.2 Å². The van der Waals surface area contributed by atoms with Crippen molar-refractivity contribution in [3.63, 3.8) is 0 Å². The summed E-state index contributed by atoms with van der Waals surface area (Å²) in [5, 5.41) is 1.17. The van der Waals surface area contributed by atoms with Crippen LogP contribution in [0.1, 0.15) is 28.4 Å². The molecule has 0 radical (unpaired) electrons. The molecular formula is C11H19N3S. The van der Waals surface area contributed by atoms with Gasteiger partial charge in [0.15, 0.2) is 0 Å². The van der Waals surface area contributed by atoms with E-state index < -0.39 is 0 Å². The van der Waals surface area contributed by atoms with Crippen LogP contribution in [0.5, 0.6) is 0 Å². The van der Waals surface area contributed by atoms with Crippen LogP contribution in [0.25, 0.3) is 0 Å². The Morgan fingerprint density at radius 1 is 1.53 bits per heavy atom. The molecular weight excluding hydrogens is 206 g/mol. The Morgan fingerprint density at radius 3 is 2.93 bits per heavy atom. The Bertz CT molecular complexity index is 335. The van der Waals surface area contributed by atoms with Gasteiger partial charge >= 0.3 is 0 Å². The van der Waals surface area contributed by atoms with Crippen molar-refractivity contribution >= 4 is 11.3 Å². The zero-order chi connectivity index (χ0) is 10.8. The van der Waals surface area contributed by atoms with E-state index in [0.717, 1.165) is 13.1 Å². The minimum Gasteiger partial charge on any atom is -0.327 e. The van der Waals surface area contributed by atoms with Gasteiger partial charge in [0.05, 0.1) is 10.7 Å². The Hall–Kier alpha value is -0.450. The van der Waals surface area contributed by atoms with Crippen molar-refractivity contribution in [3.05, 3.63) is 15.6 Å². The largest absolute Gasteiger partial charge is 0.327 e. The minimum atomic E-state index is 0.369. The molecule has 15 heavy (non-hydrogen) atoms. The lowest BCUT2D eigenvalue weighted by atomic mass is 10.1.